The summed E-state index contributed by atoms with van der Waals surface area (Å²) in [7, 11) is 3.82. The van der Waals surface area contributed by atoms with Crippen LogP contribution in [0.1, 0.15) is 45.4 Å². The van der Waals surface area contributed by atoms with Gasteiger partial charge in [0.05, 0.1) is 19.1 Å². The first kappa shape index (κ1) is 18.9. The van der Waals surface area contributed by atoms with Crippen molar-refractivity contribution >= 4 is 11.9 Å². The molecular formula is C21H34N4O2. The number of aliphatic imine (C=N–C) groups is 1. The highest BCUT2D eigenvalue weighted by Gasteiger charge is 2.72. The van der Waals surface area contributed by atoms with Gasteiger partial charge in [0.15, 0.2) is 0 Å². The van der Waals surface area contributed by atoms with Gasteiger partial charge in [-0.2, -0.15) is 0 Å². The highest BCUT2D eigenvalue weighted by Crippen LogP contribution is 2.75. The van der Waals surface area contributed by atoms with Gasteiger partial charge < -0.3 is 21.0 Å². The van der Waals surface area contributed by atoms with Crippen LogP contribution in [0.25, 0.3) is 0 Å². The fourth-order valence-electron chi connectivity index (χ4n) is 7.89. The topological polar surface area (TPSA) is 95.0 Å². The minimum atomic E-state index is -0.934. The standard InChI is InChI=1S/C21H34N4O2/c1-13-4-5-14-10-17-16(18(26)27)6-8-20(13,17)21(14)12-25(19(22)24-3)9-7-15(21)11-23-2/h13-15,23H,4-12H2,1-3H3,(H2,22,24)(H,26,27)/t13-,14-,15-,20+,21-/m1/s1. The van der Waals surface area contributed by atoms with E-state index in [1.54, 1.807) is 7.05 Å². The molecule has 27 heavy (non-hydrogen) atoms. The van der Waals surface area contributed by atoms with Gasteiger partial charge in [-0.15, -0.1) is 0 Å². The average Bonchev–Trinajstić information content (AvgIpc) is 3.10. The van der Waals surface area contributed by atoms with Gasteiger partial charge in [-0.1, -0.05) is 12.5 Å². The van der Waals surface area contributed by atoms with Crippen molar-refractivity contribution in [2.24, 2.45) is 39.3 Å². The van der Waals surface area contributed by atoms with Crippen molar-refractivity contribution in [3.05, 3.63) is 11.1 Å². The first-order chi connectivity index (χ1) is 12.9. The van der Waals surface area contributed by atoms with Crippen LogP contribution >= 0.6 is 0 Å². The summed E-state index contributed by atoms with van der Waals surface area (Å²) in [6.45, 7) is 5.36. The molecular weight excluding hydrogens is 340 g/mol. The summed E-state index contributed by atoms with van der Waals surface area (Å²) >= 11 is 0. The number of carbonyl (C=O) groups excluding carboxylic acids is 1. The predicted molar refractivity (Wildman–Crippen MR) is 103 cm³/mol. The van der Waals surface area contributed by atoms with Crippen LogP contribution in [-0.2, 0) is 4.79 Å². The number of carboxylic acid groups (broad SMARTS) is 1. The quantitative estimate of drug-likeness (QED) is 0.451. The number of quaternary nitrogens is 1. The molecule has 1 heterocycles. The summed E-state index contributed by atoms with van der Waals surface area (Å²) in [6, 6.07) is 0. The van der Waals surface area contributed by atoms with E-state index in [1.165, 1.54) is 23.3 Å². The minimum absolute atomic E-state index is 0.00648. The zero-order valence-corrected chi connectivity index (χ0v) is 16.9. The number of carboxylic acids is 1. The molecule has 4 aliphatic rings. The van der Waals surface area contributed by atoms with Crippen LogP contribution in [0.4, 0.5) is 0 Å². The van der Waals surface area contributed by atoms with Crippen LogP contribution in [0.2, 0.25) is 0 Å². The fourth-order valence-corrected chi connectivity index (χ4v) is 7.89. The van der Waals surface area contributed by atoms with Crippen molar-refractivity contribution in [3.8, 4) is 0 Å². The highest BCUT2D eigenvalue weighted by molar-refractivity contribution is 5.87. The molecule has 1 saturated heterocycles. The Morgan fingerprint density at radius 3 is 2.85 bits per heavy atom. The lowest BCUT2D eigenvalue weighted by molar-refractivity contribution is -0.828. The van der Waals surface area contributed by atoms with Crippen LogP contribution in [0.5, 0.6) is 0 Å². The van der Waals surface area contributed by atoms with Crippen LogP contribution in [0, 0.1) is 28.6 Å². The third kappa shape index (κ3) is 2.32. The van der Waals surface area contributed by atoms with Crippen molar-refractivity contribution < 1.29 is 14.8 Å². The molecule has 2 spiro atoms. The van der Waals surface area contributed by atoms with Crippen LogP contribution < -0.4 is 21.1 Å². The molecule has 0 aromatic rings. The van der Waals surface area contributed by atoms with Gasteiger partial charge in [0, 0.05) is 24.3 Å². The smallest absolute Gasteiger partial charge is 0.293 e. The molecule has 3 aliphatic carbocycles. The van der Waals surface area contributed by atoms with E-state index in [1.807, 2.05) is 7.05 Å². The van der Waals surface area contributed by atoms with Gasteiger partial charge in [0.1, 0.15) is 0 Å². The minimum Gasteiger partial charge on any atom is -0.545 e. The summed E-state index contributed by atoms with van der Waals surface area (Å²) < 4.78 is 0. The van der Waals surface area contributed by atoms with Crippen LogP contribution in [-0.4, -0.2) is 45.7 Å². The van der Waals surface area contributed by atoms with Gasteiger partial charge >= 0.3 is 0 Å². The summed E-state index contributed by atoms with van der Waals surface area (Å²) in [4.78, 5) is 17.5. The molecule has 2 bridgehead atoms. The Morgan fingerprint density at radius 2 is 2.19 bits per heavy atom. The highest BCUT2D eigenvalue weighted by atomic mass is 16.4. The molecule has 4 N–H and O–H groups in total. The number of nitrogens with zero attached hydrogens (tertiary/aromatic N) is 1. The lowest BCUT2D eigenvalue weighted by atomic mass is 9.45. The molecule has 1 aliphatic heterocycles. The maximum atomic E-state index is 11.9. The first-order valence-electron chi connectivity index (χ1n) is 10.6. The van der Waals surface area contributed by atoms with E-state index < -0.39 is 5.97 Å². The first-order valence-corrected chi connectivity index (χ1v) is 10.6. The zero-order chi connectivity index (χ0) is 19.4. The van der Waals surface area contributed by atoms with Crippen molar-refractivity contribution in [2.45, 2.75) is 45.4 Å². The number of carbonyl (C=O) groups is 1. The van der Waals surface area contributed by atoms with Gasteiger partial charge in [-0.25, -0.2) is 4.99 Å². The molecule has 0 aromatic heterocycles. The summed E-state index contributed by atoms with van der Waals surface area (Å²) in [5.74, 6) is 1.40. The Bertz CT molecular complexity index is 702. The number of allylic oxidation sites excluding steroid dienone is 1. The molecule has 4 rings (SSSR count). The molecule has 2 saturated carbocycles. The Morgan fingerprint density at radius 1 is 1.41 bits per heavy atom. The Kier molecular flexibility index (Phi) is 4.62. The zero-order valence-electron chi connectivity index (χ0n) is 16.9. The van der Waals surface area contributed by atoms with E-state index in [0.29, 0.717) is 35.7 Å². The molecule has 1 unspecified atom stereocenters. The van der Waals surface area contributed by atoms with E-state index >= 15 is 0 Å². The molecule has 3 fully saturated rings. The number of piperidine rings is 1. The van der Waals surface area contributed by atoms with Gasteiger partial charge in [0.2, 0.25) is 0 Å². The number of nitrogens with two attached hydrogens (primary N) is 1. The Balaban J connectivity index is 1.88. The van der Waals surface area contributed by atoms with Gasteiger partial charge in [-0.3, -0.25) is 4.90 Å². The molecule has 150 valence electrons. The molecule has 0 amide bonds. The number of aliphatic carboxylic acids is 1. The number of rotatable bonds is 3. The molecule has 6 atom stereocenters. The summed E-state index contributed by atoms with van der Waals surface area (Å²) in [5, 5.41) is 15.4. The number of hydrogen-bond donors (Lipinski definition) is 3. The lowest BCUT2D eigenvalue weighted by Gasteiger charge is -2.60. The number of likely N-dealkylation sites (tertiary alicyclic amines) is 1. The number of nitrogens with one attached hydrogen (secondary N) is 2. The lowest BCUT2D eigenvalue weighted by Crippen LogP contribution is -3.19. The van der Waals surface area contributed by atoms with E-state index in [4.69, 9.17) is 5.73 Å². The maximum absolute atomic E-state index is 11.9. The SMILES string of the molecule is CN=C(N)[NH+]1CC[C@H](CNC)[C@@]2(C1)[C@@H]1CC[C@@H](C)[C@]23CCC(C(=O)[O-])=C3C1. The third-order valence-corrected chi connectivity index (χ3v) is 8.80. The monoisotopic (exact) mass is 374 g/mol. The van der Waals surface area contributed by atoms with E-state index in [0.717, 1.165) is 38.9 Å². The van der Waals surface area contributed by atoms with Gasteiger partial charge in [-0.05, 0) is 69.0 Å². The molecule has 0 aromatic carbocycles. The fraction of sp³-hybridized carbons (Fsp3) is 0.810. The predicted octanol–water partition coefficient (Wildman–Crippen LogP) is -0.682. The van der Waals surface area contributed by atoms with Crippen LogP contribution in [0.15, 0.2) is 16.1 Å². The van der Waals surface area contributed by atoms with Gasteiger partial charge in [0.25, 0.3) is 5.96 Å². The summed E-state index contributed by atoms with van der Waals surface area (Å²) in [5.41, 5.74) is 8.28. The normalized spacial score (nSPS) is 44.0. The van der Waals surface area contributed by atoms with E-state index in [2.05, 4.69) is 17.2 Å². The largest absolute Gasteiger partial charge is 0.545 e. The van der Waals surface area contributed by atoms with E-state index in [-0.39, 0.29) is 10.8 Å². The van der Waals surface area contributed by atoms with Crippen LogP contribution in [0.3, 0.4) is 0 Å². The summed E-state index contributed by atoms with van der Waals surface area (Å²) in [6.07, 6.45) is 6.11. The molecule has 0 radical (unpaired) electrons. The van der Waals surface area contributed by atoms with Crippen molar-refractivity contribution in [3.63, 3.8) is 0 Å². The molecule has 6 heteroatoms. The second-order valence-electron chi connectivity index (χ2n) is 9.32. The Hall–Kier alpha value is -1.40. The number of hydrogen-bond acceptors (Lipinski definition) is 4. The number of guanidine groups is 1. The average molecular weight is 375 g/mol. The molecule has 6 nitrogen and oxygen atoms in total. The van der Waals surface area contributed by atoms with Crippen molar-refractivity contribution in [1.82, 2.24) is 5.32 Å². The van der Waals surface area contributed by atoms with Crippen molar-refractivity contribution in [1.29, 1.82) is 0 Å². The second-order valence-corrected chi connectivity index (χ2v) is 9.32. The van der Waals surface area contributed by atoms with E-state index in [9.17, 15) is 9.90 Å². The maximum Gasteiger partial charge on any atom is 0.293 e. The second kappa shape index (κ2) is 6.59. The third-order valence-electron chi connectivity index (χ3n) is 8.80. The Labute approximate surface area is 162 Å². The van der Waals surface area contributed by atoms with Crippen molar-refractivity contribution in [2.75, 3.05) is 33.7 Å².